The van der Waals surface area contributed by atoms with Gasteiger partial charge < -0.3 is 0 Å². The molecule has 28 heavy (non-hydrogen) atoms. The van der Waals surface area contributed by atoms with E-state index in [9.17, 15) is 0 Å². The van der Waals surface area contributed by atoms with Crippen LogP contribution in [0.25, 0.3) is 0 Å². The predicted molar refractivity (Wildman–Crippen MR) is 163 cm³/mol. The van der Waals surface area contributed by atoms with Gasteiger partial charge in [0, 0.05) is 68.9 Å². The van der Waals surface area contributed by atoms with Crippen molar-refractivity contribution in [3.63, 3.8) is 0 Å². The van der Waals surface area contributed by atoms with Crippen LogP contribution < -0.4 is 0 Å². The van der Waals surface area contributed by atoms with Crippen molar-refractivity contribution < 1.29 is 0 Å². The van der Waals surface area contributed by atoms with E-state index in [1.165, 1.54) is 0 Å². The molecule has 0 unspecified atom stereocenters. The van der Waals surface area contributed by atoms with Crippen LogP contribution in [0.1, 0.15) is 0 Å². The van der Waals surface area contributed by atoms with Crippen LogP contribution in [0.4, 0.5) is 0 Å². The molecule has 8 heteroatoms. The summed E-state index contributed by atoms with van der Waals surface area (Å²) in [4.78, 5) is 0. The van der Waals surface area contributed by atoms with Crippen LogP contribution in [0.5, 0.6) is 0 Å². The van der Waals surface area contributed by atoms with Gasteiger partial charge in [-0.1, -0.05) is 125 Å². The van der Waals surface area contributed by atoms with E-state index >= 15 is 0 Å². The van der Waals surface area contributed by atoms with Crippen molar-refractivity contribution in [1.82, 2.24) is 0 Å². The fraction of sp³-hybridized carbons (Fsp3) is 1.00. The molecule has 0 saturated carbocycles. The summed E-state index contributed by atoms with van der Waals surface area (Å²) in [5.41, 5.74) is 10.9. The van der Waals surface area contributed by atoms with Crippen molar-refractivity contribution in [1.29, 1.82) is 0 Å². The SMILES string of the molecule is C[SiH](C)C[Si](CC[Si](C[SiH](C)C)(C[SiH](C)C)C[SiH](C)C)(C[SiH](C)C)C[SiH](C)C. The zero-order chi connectivity index (χ0) is 22.1. The summed E-state index contributed by atoms with van der Waals surface area (Å²) in [6.45, 7) is 32.2. The van der Waals surface area contributed by atoms with Gasteiger partial charge in [-0.05, 0) is 0 Å². The van der Waals surface area contributed by atoms with E-state index in [1.54, 1.807) is 0 Å². The summed E-state index contributed by atoms with van der Waals surface area (Å²) in [5.74, 6) is 0. The fourth-order valence-corrected chi connectivity index (χ4v) is 70.5. The third-order valence-corrected chi connectivity index (χ3v) is 49.7. The van der Waals surface area contributed by atoms with Gasteiger partial charge in [-0.2, -0.15) is 0 Å². The summed E-state index contributed by atoms with van der Waals surface area (Å²) >= 11 is 0. The molecule has 0 spiro atoms. The van der Waals surface area contributed by atoms with Crippen molar-refractivity contribution in [2.24, 2.45) is 0 Å². The molecule has 0 aromatic carbocycles. The quantitative estimate of drug-likeness (QED) is 0.230. The van der Waals surface area contributed by atoms with Gasteiger partial charge in [0.2, 0.25) is 0 Å². The highest BCUT2D eigenvalue weighted by atomic mass is 28.4. The second-order valence-electron chi connectivity index (χ2n) is 13.1. The molecule has 0 nitrogen and oxygen atoms in total. The van der Waals surface area contributed by atoms with E-state index in [-0.39, 0.29) is 0 Å². The average Bonchev–Trinajstić information content (AvgIpc) is 2.40. The third-order valence-electron chi connectivity index (χ3n) is 6.23. The van der Waals surface area contributed by atoms with Gasteiger partial charge in [0.05, 0.1) is 0 Å². The van der Waals surface area contributed by atoms with Crippen LogP contribution in [-0.4, -0.2) is 68.9 Å². The molecule has 0 saturated heterocycles. The molecule has 0 aliphatic heterocycles. The van der Waals surface area contributed by atoms with Gasteiger partial charge in [-0.3, -0.25) is 0 Å². The highest BCUT2D eigenvalue weighted by molar-refractivity contribution is 7.04. The van der Waals surface area contributed by atoms with Crippen LogP contribution in [-0.2, 0) is 0 Å². The molecule has 0 bridgehead atoms. The van der Waals surface area contributed by atoms with E-state index < -0.39 is 68.9 Å². The summed E-state index contributed by atoms with van der Waals surface area (Å²) < 4.78 is 0. The Kier molecular flexibility index (Phi) is 14.9. The van der Waals surface area contributed by atoms with Gasteiger partial charge >= 0.3 is 0 Å². The van der Waals surface area contributed by atoms with E-state index in [0.717, 1.165) is 0 Å². The van der Waals surface area contributed by atoms with Gasteiger partial charge in [0.1, 0.15) is 0 Å². The highest BCUT2D eigenvalue weighted by Gasteiger charge is 2.41. The fourth-order valence-electron chi connectivity index (χ4n) is 6.84. The Morgan fingerprint density at radius 2 is 0.464 bits per heavy atom. The lowest BCUT2D eigenvalue weighted by atomic mass is 10.9. The van der Waals surface area contributed by atoms with Crippen LogP contribution in [0.3, 0.4) is 0 Å². The van der Waals surface area contributed by atoms with E-state index in [1.807, 2.05) is 46.1 Å². The maximum Gasteiger partial charge on any atom is 0.0446 e. The Hall–Kier alpha value is 1.74. The number of hydrogen-bond acceptors (Lipinski definition) is 0. The number of hydrogen-bond donors (Lipinski definition) is 0. The molecule has 0 fully saturated rings. The molecule has 0 heterocycles. The minimum Gasteiger partial charge on any atom is -0.0724 e. The number of rotatable bonds is 15. The second kappa shape index (κ2) is 14.0. The van der Waals surface area contributed by atoms with Gasteiger partial charge in [0.15, 0.2) is 0 Å². The molecule has 0 radical (unpaired) electrons. The Morgan fingerprint density at radius 3 is 0.571 bits per heavy atom. The minimum atomic E-state index is -0.981. The van der Waals surface area contributed by atoms with Crippen molar-refractivity contribution >= 4 is 68.9 Å². The normalized spacial score (nSPS) is 13.9. The largest absolute Gasteiger partial charge is 0.0724 e. The average molecular weight is 523 g/mol. The molecule has 0 aromatic heterocycles. The molecular weight excluding hydrogens is 465 g/mol. The topological polar surface area (TPSA) is 0 Å². The minimum absolute atomic E-state index is 0.437. The summed E-state index contributed by atoms with van der Waals surface area (Å²) in [5, 5.41) is 0. The molecule has 0 aliphatic carbocycles. The Balaban J connectivity index is 5.82. The zero-order valence-electron chi connectivity index (χ0n) is 22.1. The first-order valence-electron chi connectivity index (χ1n) is 12.7. The van der Waals surface area contributed by atoms with Gasteiger partial charge in [-0.25, -0.2) is 0 Å². The van der Waals surface area contributed by atoms with Crippen LogP contribution >= 0.6 is 0 Å². The van der Waals surface area contributed by atoms with Crippen LogP contribution in [0.2, 0.25) is 125 Å². The second-order valence-corrected chi connectivity index (χ2v) is 46.6. The maximum absolute atomic E-state index is 2.68. The lowest BCUT2D eigenvalue weighted by Crippen LogP contribution is -2.49. The lowest BCUT2D eigenvalue weighted by Gasteiger charge is -2.42. The Bertz CT molecular complexity index is 316. The van der Waals surface area contributed by atoms with E-state index in [2.05, 4.69) is 78.6 Å². The first kappa shape index (κ1) is 29.7. The first-order valence-corrected chi connectivity index (χ1v) is 37.1. The zero-order valence-corrected chi connectivity index (χ0v) is 31.0. The predicted octanol–water partition coefficient (Wildman–Crippen LogP) is 6.04. The van der Waals surface area contributed by atoms with Gasteiger partial charge in [-0.15, -0.1) is 0 Å². The summed E-state index contributed by atoms with van der Waals surface area (Å²) in [6.07, 6.45) is 0. The van der Waals surface area contributed by atoms with Gasteiger partial charge in [0.25, 0.3) is 0 Å². The van der Waals surface area contributed by atoms with E-state index in [0.29, 0.717) is 0 Å². The standard InChI is InChI=1S/C20H58Si8/c1-21(2)15-27(16-22(3)4,17-23(5)6)13-14-28(18-24(7)8,19-25(9)10)20-26(11)12/h21-26H,13-20H2,1-12H3. The maximum atomic E-state index is 2.68. The third kappa shape index (κ3) is 13.2. The van der Waals surface area contributed by atoms with Crippen molar-refractivity contribution in [3.8, 4) is 0 Å². The molecule has 0 rings (SSSR count). The molecule has 0 aromatic rings. The van der Waals surface area contributed by atoms with Crippen molar-refractivity contribution in [2.75, 3.05) is 0 Å². The summed E-state index contributed by atoms with van der Waals surface area (Å²) in [7, 11) is -4.59. The van der Waals surface area contributed by atoms with E-state index in [4.69, 9.17) is 0 Å². The monoisotopic (exact) mass is 522 g/mol. The first-order chi connectivity index (χ1) is 12.7. The van der Waals surface area contributed by atoms with Crippen molar-refractivity contribution in [3.05, 3.63) is 0 Å². The Morgan fingerprint density at radius 1 is 0.321 bits per heavy atom. The highest BCUT2D eigenvalue weighted by Crippen LogP contribution is 2.38. The van der Waals surface area contributed by atoms with Crippen LogP contribution in [0.15, 0.2) is 0 Å². The molecule has 0 N–H and O–H groups in total. The van der Waals surface area contributed by atoms with Crippen molar-refractivity contribution in [2.45, 2.75) is 125 Å². The molecule has 0 aliphatic rings. The Labute approximate surface area is 192 Å². The molecular formula is C20H58Si8. The summed E-state index contributed by atoms with van der Waals surface area (Å²) in [6, 6.07) is 3.62. The molecule has 0 amide bonds. The lowest BCUT2D eigenvalue weighted by molar-refractivity contribution is 1.20. The molecule has 170 valence electrons. The van der Waals surface area contributed by atoms with Crippen LogP contribution in [0, 0.1) is 0 Å². The smallest absolute Gasteiger partial charge is 0.0446 e. The molecule has 0 atom stereocenters.